The largest absolute Gasteiger partial charge is 0.506 e. The molecule has 0 aliphatic carbocycles. The van der Waals surface area contributed by atoms with Crippen LogP contribution in [0.25, 0.3) is 0 Å². The maximum absolute atomic E-state index is 10.7. The maximum Gasteiger partial charge on any atom is 0.469 e. The first-order valence-electron chi connectivity index (χ1n) is 6.27. The molecule has 132 valence electrons. The minimum atomic E-state index is -4.67. The molecule has 1 rings (SSSR count). The average Bonchev–Trinajstić information content (AvgIpc) is 2.39. The number of hydrogen-bond donors (Lipinski definition) is 6. The zero-order valence-corrected chi connectivity index (χ0v) is 13.9. The van der Waals surface area contributed by atoms with E-state index in [0.29, 0.717) is 11.3 Å². The summed E-state index contributed by atoms with van der Waals surface area (Å²) in [5, 5.41) is 12.8. The summed E-state index contributed by atoms with van der Waals surface area (Å²) in [5.41, 5.74) is 0.884. The molecule has 23 heavy (non-hydrogen) atoms. The molecule has 13 heteroatoms. The normalized spacial score (nSPS) is 12.6. The summed E-state index contributed by atoms with van der Waals surface area (Å²) in [6, 6.07) is 0. The molecule has 0 bridgehead atoms. The molecule has 6 N–H and O–H groups in total. The minimum absolute atomic E-state index is 0.0551. The van der Waals surface area contributed by atoms with E-state index in [1.165, 1.54) is 6.20 Å². The van der Waals surface area contributed by atoms with Gasteiger partial charge in [-0.15, -0.1) is 0 Å². The van der Waals surface area contributed by atoms with Gasteiger partial charge in [-0.25, -0.2) is 9.13 Å². The Bertz CT molecular complexity index is 627. The number of nitrogens with zero attached hydrogens (tertiary/aromatic N) is 1. The lowest BCUT2D eigenvalue weighted by Gasteiger charge is -2.14. The maximum atomic E-state index is 10.7. The first kappa shape index (κ1) is 20.2. The number of aromatic hydroxyl groups is 1. The Kier molecular flexibility index (Phi) is 7.28. The van der Waals surface area contributed by atoms with E-state index in [1.807, 2.05) is 0 Å². The number of aryl methyl sites for hydroxylation is 1. The van der Waals surface area contributed by atoms with Gasteiger partial charge in [0, 0.05) is 30.4 Å². The van der Waals surface area contributed by atoms with E-state index in [1.54, 1.807) is 6.92 Å². The molecular weight excluding hydrogens is 354 g/mol. The third-order valence-electron chi connectivity index (χ3n) is 2.66. The smallest absolute Gasteiger partial charge is 0.469 e. The lowest BCUT2D eigenvalue weighted by atomic mass is 10.1. The Hall–Kier alpha value is -0.870. The number of pyridine rings is 1. The van der Waals surface area contributed by atoms with Gasteiger partial charge in [0.15, 0.2) is 0 Å². The Morgan fingerprint density at radius 3 is 2.35 bits per heavy atom. The Balaban J connectivity index is 2.69. The number of aromatic nitrogens is 1. The van der Waals surface area contributed by atoms with Crippen LogP contribution in [0.1, 0.15) is 16.8 Å². The third kappa shape index (κ3) is 7.98. The second kappa shape index (κ2) is 8.29. The van der Waals surface area contributed by atoms with Gasteiger partial charge in [0.2, 0.25) is 0 Å². The fourth-order valence-electron chi connectivity index (χ4n) is 1.61. The highest BCUT2D eigenvalue weighted by Gasteiger charge is 2.18. The average molecular weight is 372 g/mol. The van der Waals surface area contributed by atoms with Crippen molar-refractivity contribution in [2.45, 2.75) is 20.1 Å². The number of hydrogen-bond acceptors (Lipinski definition) is 7. The van der Waals surface area contributed by atoms with Crippen molar-refractivity contribution in [2.24, 2.45) is 0 Å². The van der Waals surface area contributed by atoms with Gasteiger partial charge in [-0.1, -0.05) is 0 Å². The van der Waals surface area contributed by atoms with Crippen molar-refractivity contribution in [3.8, 4) is 5.75 Å². The summed E-state index contributed by atoms with van der Waals surface area (Å²) < 4.78 is 29.9. The molecule has 0 atom stereocenters. The van der Waals surface area contributed by atoms with E-state index in [2.05, 4.69) is 19.3 Å². The van der Waals surface area contributed by atoms with Crippen molar-refractivity contribution < 1.29 is 42.9 Å². The van der Waals surface area contributed by atoms with Crippen LogP contribution < -0.4 is 5.32 Å². The summed E-state index contributed by atoms with van der Waals surface area (Å²) in [7, 11) is -9.21. The predicted octanol–water partition coefficient (Wildman–Crippen LogP) is -0.0962. The fraction of sp³-hybridized carbons (Fsp3) is 0.500. The van der Waals surface area contributed by atoms with Crippen LogP contribution >= 0.6 is 15.6 Å². The molecule has 0 spiro atoms. The Labute approximate surface area is 131 Å². The molecule has 0 unspecified atom stereocenters. The second-order valence-electron chi connectivity index (χ2n) is 4.46. The van der Waals surface area contributed by atoms with Crippen LogP contribution in [0, 0.1) is 6.92 Å². The van der Waals surface area contributed by atoms with E-state index in [9.17, 15) is 14.2 Å². The van der Waals surface area contributed by atoms with Crippen molar-refractivity contribution in [1.82, 2.24) is 10.3 Å². The van der Waals surface area contributed by atoms with Crippen molar-refractivity contribution in [3.05, 3.63) is 23.0 Å². The van der Waals surface area contributed by atoms with Gasteiger partial charge >= 0.3 is 15.6 Å². The zero-order valence-electron chi connectivity index (χ0n) is 12.1. The summed E-state index contributed by atoms with van der Waals surface area (Å²) in [5.74, 6) is -0.166. The molecule has 0 aliphatic heterocycles. The minimum Gasteiger partial charge on any atom is -0.506 e. The zero-order chi connectivity index (χ0) is 17.7. The molecule has 1 heterocycles. The van der Waals surface area contributed by atoms with Crippen LogP contribution in [0.5, 0.6) is 5.75 Å². The fourth-order valence-corrected chi connectivity index (χ4v) is 2.25. The Morgan fingerprint density at radius 2 is 1.78 bits per heavy atom. The number of phosphoric ester groups is 2. The highest BCUT2D eigenvalue weighted by Crippen LogP contribution is 2.38. The molecule has 0 radical (unpaired) electrons. The van der Waals surface area contributed by atoms with Gasteiger partial charge in [0.05, 0.1) is 18.9 Å². The van der Waals surface area contributed by atoms with E-state index < -0.39 is 22.3 Å². The lowest BCUT2D eigenvalue weighted by molar-refractivity contribution is 0.188. The van der Waals surface area contributed by atoms with Gasteiger partial charge in [0.25, 0.3) is 0 Å². The number of phosphoric acid groups is 2. The lowest BCUT2D eigenvalue weighted by Crippen LogP contribution is -2.20. The van der Waals surface area contributed by atoms with Gasteiger partial charge < -0.3 is 30.0 Å². The molecule has 0 saturated heterocycles. The predicted molar refractivity (Wildman–Crippen MR) is 77.2 cm³/mol. The third-order valence-corrected chi connectivity index (χ3v) is 3.64. The standard InChI is InChI=1S/C10H18N2O9P2/c1-7-10(13)9(5-11-2-3-20-22(14,15)16)8(4-12-7)6-21-23(17,18)19/h4,11,13H,2-3,5-6H2,1H3,(H2,14,15,16)(H2,17,18,19). The summed E-state index contributed by atoms with van der Waals surface area (Å²) in [6.45, 7) is 0.957. The van der Waals surface area contributed by atoms with Crippen molar-refractivity contribution >= 4 is 15.6 Å². The molecule has 11 nitrogen and oxygen atoms in total. The van der Waals surface area contributed by atoms with Crippen LogP contribution in [0.15, 0.2) is 6.20 Å². The summed E-state index contributed by atoms with van der Waals surface area (Å²) >= 11 is 0. The molecular formula is C10H18N2O9P2. The van der Waals surface area contributed by atoms with Gasteiger partial charge in [0.1, 0.15) is 5.75 Å². The molecule has 1 aromatic rings. The SMILES string of the molecule is Cc1ncc(COP(=O)(O)O)c(CNCCOP(=O)(O)O)c1O. The van der Waals surface area contributed by atoms with Crippen LogP contribution in [0.3, 0.4) is 0 Å². The van der Waals surface area contributed by atoms with Crippen LogP contribution in [-0.4, -0.2) is 42.8 Å². The molecule has 0 aromatic carbocycles. The highest BCUT2D eigenvalue weighted by atomic mass is 31.2. The quantitative estimate of drug-likeness (QED) is 0.252. The highest BCUT2D eigenvalue weighted by molar-refractivity contribution is 7.46. The van der Waals surface area contributed by atoms with Gasteiger partial charge in [-0.3, -0.25) is 14.0 Å². The first-order valence-corrected chi connectivity index (χ1v) is 9.33. The molecule has 1 aromatic heterocycles. The molecule has 0 fully saturated rings. The van der Waals surface area contributed by atoms with Crippen molar-refractivity contribution in [2.75, 3.05) is 13.2 Å². The van der Waals surface area contributed by atoms with Gasteiger partial charge in [-0.05, 0) is 6.92 Å². The van der Waals surface area contributed by atoms with Gasteiger partial charge in [-0.2, -0.15) is 0 Å². The summed E-state index contributed by atoms with van der Waals surface area (Å²) in [6.07, 6.45) is 1.31. The topological polar surface area (TPSA) is 179 Å². The monoisotopic (exact) mass is 372 g/mol. The molecule has 0 amide bonds. The van der Waals surface area contributed by atoms with Crippen LogP contribution in [-0.2, 0) is 31.3 Å². The van der Waals surface area contributed by atoms with Crippen LogP contribution in [0.2, 0.25) is 0 Å². The molecule has 0 aliphatic rings. The molecule has 0 saturated carbocycles. The van der Waals surface area contributed by atoms with E-state index >= 15 is 0 Å². The van der Waals surface area contributed by atoms with E-state index in [-0.39, 0.29) is 31.0 Å². The van der Waals surface area contributed by atoms with Crippen molar-refractivity contribution in [1.29, 1.82) is 0 Å². The summed E-state index contributed by atoms with van der Waals surface area (Å²) in [4.78, 5) is 38.4. The van der Waals surface area contributed by atoms with Crippen molar-refractivity contribution in [3.63, 3.8) is 0 Å². The number of rotatable bonds is 9. The van der Waals surface area contributed by atoms with Crippen LogP contribution in [0.4, 0.5) is 0 Å². The van der Waals surface area contributed by atoms with E-state index in [4.69, 9.17) is 19.6 Å². The Morgan fingerprint density at radius 1 is 1.17 bits per heavy atom. The second-order valence-corrected chi connectivity index (χ2v) is 6.94. The first-order chi connectivity index (χ1) is 10.5. The van der Waals surface area contributed by atoms with E-state index in [0.717, 1.165) is 0 Å². The number of nitrogens with one attached hydrogen (secondary N) is 1.